The summed E-state index contributed by atoms with van der Waals surface area (Å²) in [7, 11) is 0. The Labute approximate surface area is 124 Å². The lowest BCUT2D eigenvalue weighted by Crippen LogP contribution is -2.05. The number of benzene rings is 1. The first kappa shape index (κ1) is 14.3. The van der Waals surface area contributed by atoms with Gasteiger partial charge >= 0.3 is 0 Å². The van der Waals surface area contributed by atoms with Crippen molar-refractivity contribution < 1.29 is 0 Å². The SMILES string of the molecule is CCC(C)n1ccc(CCC(Br)c2ccccc2)n1. The van der Waals surface area contributed by atoms with Crippen LogP contribution in [0.5, 0.6) is 0 Å². The number of alkyl halides is 1. The Morgan fingerprint density at radius 1 is 1.21 bits per heavy atom. The lowest BCUT2D eigenvalue weighted by Gasteiger charge is -2.10. The van der Waals surface area contributed by atoms with Crippen LogP contribution < -0.4 is 0 Å². The molecule has 0 bridgehead atoms. The largest absolute Gasteiger partial charge is 0.270 e. The number of aryl methyl sites for hydroxylation is 1. The summed E-state index contributed by atoms with van der Waals surface area (Å²) in [4.78, 5) is 0.405. The molecule has 0 amide bonds. The zero-order valence-electron chi connectivity index (χ0n) is 11.6. The third-order valence-corrected chi connectivity index (χ3v) is 4.51. The predicted octanol–water partition coefficient (Wildman–Crippen LogP) is 4.92. The molecule has 1 heterocycles. The highest BCUT2D eigenvalue weighted by Crippen LogP contribution is 2.27. The van der Waals surface area contributed by atoms with Crippen LogP contribution in [0.2, 0.25) is 0 Å². The molecule has 0 aliphatic carbocycles. The van der Waals surface area contributed by atoms with Crippen LogP contribution in [0, 0.1) is 0 Å². The second kappa shape index (κ2) is 6.90. The molecule has 0 aliphatic rings. The highest BCUT2D eigenvalue weighted by atomic mass is 79.9. The summed E-state index contributed by atoms with van der Waals surface area (Å²) in [5, 5.41) is 4.64. The number of rotatable bonds is 6. The van der Waals surface area contributed by atoms with Crippen LogP contribution in [0.1, 0.15) is 48.8 Å². The molecule has 2 nitrogen and oxygen atoms in total. The van der Waals surface area contributed by atoms with Gasteiger partial charge in [0.15, 0.2) is 0 Å². The molecule has 1 aromatic carbocycles. The molecule has 0 saturated heterocycles. The summed E-state index contributed by atoms with van der Waals surface area (Å²) in [5.74, 6) is 0. The van der Waals surface area contributed by atoms with Gasteiger partial charge in [0.1, 0.15) is 0 Å². The molecule has 1 aromatic heterocycles. The van der Waals surface area contributed by atoms with Gasteiger partial charge < -0.3 is 0 Å². The summed E-state index contributed by atoms with van der Waals surface area (Å²) in [6.07, 6.45) is 5.29. The zero-order chi connectivity index (χ0) is 13.7. The average Bonchev–Trinajstić information content (AvgIpc) is 2.93. The smallest absolute Gasteiger partial charge is 0.0625 e. The van der Waals surface area contributed by atoms with E-state index in [1.807, 2.05) is 0 Å². The van der Waals surface area contributed by atoms with Crippen molar-refractivity contribution in [2.75, 3.05) is 0 Å². The molecule has 2 atom stereocenters. The Balaban J connectivity index is 1.90. The summed E-state index contributed by atoms with van der Waals surface area (Å²) in [6, 6.07) is 13.2. The molecular weight excluding hydrogens is 300 g/mol. The molecule has 19 heavy (non-hydrogen) atoms. The highest BCUT2D eigenvalue weighted by Gasteiger charge is 2.09. The van der Waals surface area contributed by atoms with Crippen molar-refractivity contribution in [1.29, 1.82) is 0 Å². The molecule has 0 spiro atoms. The first-order chi connectivity index (χ1) is 9.20. The van der Waals surface area contributed by atoms with E-state index in [2.05, 4.69) is 82.2 Å². The van der Waals surface area contributed by atoms with Crippen LogP contribution in [0.15, 0.2) is 42.6 Å². The lowest BCUT2D eigenvalue weighted by atomic mass is 10.1. The normalized spacial score (nSPS) is 14.3. The average molecular weight is 321 g/mol. The molecule has 2 aromatic rings. The molecule has 0 aliphatic heterocycles. The van der Waals surface area contributed by atoms with Gasteiger partial charge in [-0.3, -0.25) is 4.68 Å². The van der Waals surface area contributed by atoms with Gasteiger partial charge in [-0.25, -0.2) is 0 Å². The van der Waals surface area contributed by atoms with Gasteiger partial charge in [-0.2, -0.15) is 5.10 Å². The van der Waals surface area contributed by atoms with E-state index in [4.69, 9.17) is 0 Å². The van der Waals surface area contributed by atoms with Gasteiger partial charge in [-0.1, -0.05) is 53.2 Å². The third-order valence-electron chi connectivity index (χ3n) is 3.52. The molecule has 0 fully saturated rings. The van der Waals surface area contributed by atoms with Crippen LogP contribution in [0.4, 0.5) is 0 Å². The van der Waals surface area contributed by atoms with Crippen molar-refractivity contribution >= 4 is 15.9 Å². The van der Waals surface area contributed by atoms with E-state index in [0.717, 1.165) is 19.3 Å². The van der Waals surface area contributed by atoms with Crippen LogP contribution in [0.3, 0.4) is 0 Å². The van der Waals surface area contributed by atoms with Crippen molar-refractivity contribution in [3.63, 3.8) is 0 Å². The maximum Gasteiger partial charge on any atom is 0.0625 e. The van der Waals surface area contributed by atoms with E-state index in [9.17, 15) is 0 Å². The molecule has 0 saturated carbocycles. The number of aromatic nitrogens is 2. The van der Waals surface area contributed by atoms with E-state index in [1.54, 1.807) is 0 Å². The highest BCUT2D eigenvalue weighted by molar-refractivity contribution is 9.09. The maximum absolute atomic E-state index is 4.64. The van der Waals surface area contributed by atoms with Crippen molar-refractivity contribution in [2.24, 2.45) is 0 Å². The summed E-state index contributed by atoms with van der Waals surface area (Å²) < 4.78 is 2.07. The second-order valence-electron chi connectivity index (χ2n) is 4.96. The van der Waals surface area contributed by atoms with E-state index >= 15 is 0 Å². The maximum atomic E-state index is 4.64. The van der Waals surface area contributed by atoms with Gasteiger partial charge in [0.2, 0.25) is 0 Å². The third kappa shape index (κ3) is 3.93. The van der Waals surface area contributed by atoms with Crippen LogP contribution in [-0.4, -0.2) is 9.78 Å². The first-order valence-corrected chi connectivity index (χ1v) is 7.85. The summed E-state index contributed by atoms with van der Waals surface area (Å²) in [5.41, 5.74) is 2.52. The number of hydrogen-bond acceptors (Lipinski definition) is 1. The van der Waals surface area contributed by atoms with E-state index in [0.29, 0.717) is 10.9 Å². The molecule has 102 valence electrons. The van der Waals surface area contributed by atoms with E-state index in [-0.39, 0.29) is 0 Å². The summed E-state index contributed by atoms with van der Waals surface area (Å²) >= 11 is 3.76. The van der Waals surface area contributed by atoms with Gasteiger partial charge in [-0.15, -0.1) is 0 Å². The Morgan fingerprint density at radius 2 is 1.95 bits per heavy atom. The fraction of sp³-hybridized carbons (Fsp3) is 0.438. The number of hydrogen-bond donors (Lipinski definition) is 0. The minimum absolute atomic E-state index is 0.405. The Kier molecular flexibility index (Phi) is 5.20. The van der Waals surface area contributed by atoms with Gasteiger partial charge in [0.25, 0.3) is 0 Å². The number of halogens is 1. The Morgan fingerprint density at radius 3 is 2.63 bits per heavy atom. The molecule has 3 heteroatoms. The second-order valence-corrected chi connectivity index (χ2v) is 6.07. The van der Waals surface area contributed by atoms with E-state index < -0.39 is 0 Å². The Hall–Kier alpha value is -1.09. The molecule has 2 rings (SSSR count). The van der Waals surface area contributed by atoms with Crippen LogP contribution >= 0.6 is 15.9 Å². The van der Waals surface area contributed by atoms with Crippen LogP contribution in [0.25, 0.3) is 0 Å². The van der Waals surface area contributed by atoms with Gasteiger partial charge in [0.05, 0.1) is 5.69 Å². The molecule has 0 radical (unpaired) electrons. The number of nitrogens with zero attached hydrogens (tertiary/aromatic N) is 2. The van der Waals surface area contributed by atoms with E-state index in [1.165, 1.54) is 11.3 Å². The van der Waals surface area contributed by atoms with Gasteiger partial charge in [0, 0.05) is 17.1 Å². The lowest BCUT2D eigenvalue weighted by molar-refractivity contribution is 0.473. The first-order valence-electron chi connectivity index (χ1n) is 6.93. The van der Waals surface area contributed by atoms with Crippen molar-refractivity contribution in [1.82, 2.24) is 9.78 Å². The fourth-order valence-electron chi connectivity index (χ4n) is 2.05. The summed E-state index contributed by atoms with van der Waals surface area (Å²) in [6.45, 7) is 4.39. The fourth-order valence-corrected chi connectivity index (χ4v) is 2.58. The standard InChI is InChI=1S/C16H21BrN2/c1-3-13(2)19-12-11-15(18-19)9-10-16(17)14-7-5-4-6-8-14/h4-8,11-13,16H,3,9-10H2,1-2H3. The quantitative estimate of drug-likeness (QED) is 0.690. The topological polar surface area (TPSA) is 17.8 Å². The molecule has 0 N–H and O–H groups in total. The van der Waals surface area contributed by atoms with Gasteiger partial charge in [-0.05, 0) is 37.8 Å². The Bertz CT molecular complexity index is 492. The van der Waals surface area contributed by atoms with Crippen molar-refractivity contribution in [2.45, 2.75) is 44.0 Å². The van der Waals surface area contributed by atoms with Crippen molar-refractivity contribution in [3.05, 3.63) is 53.9 Å². The monoisotopic (exact) mass is 320 g/mol. The predicted molar refractivity (Wildman–Crippen MR) is 83.7 cm³/mol. The van der Waals surface area contributed by atoms with Crippen LogP contribution in [-0.2, 0) is 6.42 Å². The van der Waals surface area contributed by atoms with Crippen molar-refractivity contribution in [3.8, 4) is 0 Å². The molecule has 2 unspecified atom stereocenters. The zero-order valence-corrected chi connectivity index (χ0v) is 13.2. The minimum Gasteiger partial charge on any atom is -0.270 e. The molecular formula is C16H21BrN2. The minimum atomic E-state index is 0.405.